The third kappa shape index (κ3) is 3.54. The molecule has 1 saturated heterocycles. The van der Waals surface area contributed by atoms with Crippen molar-refractivity contribution in [2.45, 2.75) is 39.3 Å². The number of pyridine rings is 1. The SMILES string of the molecule is Cc1cccnc1N1CC(C)N(C(=O)Nc2ccc3c(c2)-c2ccccc2C3)C(C)C1. The summed E-state index contributed by atoms with van der Waals surface area (Å²) in [6.45, 7) is 7.85. The Hall–Kier alpha value is -3.34. The molecule has 3 aromatic rings. The first kappa shape index (κ1) is 19.6. The summed E-state index contributed by atoms with van der Waals surface area (Å²) in [5.74, 6) is 1.01. The molecule has 0 radical (unpaired) electrons. The van der Waals surface area contributed by atoms with Crippen LogP contribution in [0.25, 0.3) is 11.1 Å². The Morgan fingerprint density at radius 3 is 2.48 bits per heavy atom. The molecule has 2 aliphatic rings. The zero-order chi connectivity index (χ0) is 21.5. The molecule has 5 heteroatoms. The number of carbonyl (C=O) groups is 1. The van der Waals surface area contributed by atoms with E-state index in [-0.39, 0.29) is 18.1 Å². The number of piperazine rings is 1. The van der Waals surface area contributed by atoms with Crippen molar-refractivity contribution >= 4 is 17.5 Å². The maximum Gasteiger partial charge on any atom is 0.322 e. The van der Waals surface area contributed by atoms with Gasteiger partial charge in [0.25, 0.3) is 0 Å². The van der Waals surface area contributed by atoms with E-state index in [1.165, 1.54) is 27.8 Å². The number of nitrogens with zero attached hydrogens (tertiary/aromatic N) is 3. The maximum absolute atomic E-state index is 13.2. The van der Waals surface area contributed by atoms with Gasteiger partial charge < -0.3 is 15.1 Å². The van der Waals surface area contributed by atoms with Gasteiger partial charge in [0, 0.05) is 37.1 Å². The second kappa shape index (κ2) is 7.73. The highest BCUT2D eigenvalue weighted by Crippen LogP contribution is 2.38. The van der Waals surface area contributed by atoms with E-state index >= 15 is 0 Å². The lowest BCUT2D eigenvalue weighted by molar-refractivity contribution is 0.153. The predicted octanol–water partition coefficient (Wildman–Crippen LogP) is 5.09. The lowest BCUT2D eigenvalue weighted by atomic mass is 10.1. The van der Waals surface area contributed by atoms with Crippen molar-refractivity contribution in [1.82, 2.24) is 9.88 Å². The van der Waals surface area contributed by atoms with E-state index in [2.05, 4.69) is 78.4 Å². The van der Waals surface area contributed by atoms with E-state index in [1.807, 2.05) is 23.2 Å². The molecule has 158 valence electrons. The zero-order valence-electron chi connectivity index (χ0n) is 18.3. The predicted molar refractivity (Wildman–Crippen MR) is 126 cm³/mol. The maximum atomic E-state index is 13.2. The van der Waals surface area contributed by atoms with Gasteiger partial charge in [-0.05, 0) is 73.2 Å². The highest BCUT2D eigenvalue weighted by atomic mass is 16.2. The Kier molecular flexibility index (Phi) is 4.89. The van der Waals surface area contributed by atoms with Crippen molar-refractivity contribution in [3.05, 3.63) is 77.5 Å². The molecule has 0 saturated carbocycles. The van der Waals surface area contributed by atoms with E-state index in [4.69, 9.17) is 0 Å². The van der Waals surface area contributed by atoms with Crippen LogP contribution in [0.15, 0.2) is 60.8 Å². The van der Waals surface area contributed by atoms with Gasteiger partial charge in [0.2, 0.25) is 0 Å². The first-order chi connectivity index (χ1) is 15.0. The van der Waals surface area contributed by atoms with Crippen molar-refractivity contribution in [2.75, 3.05) is 23.3 Å². The third-order valence-corrected chi connectivity index (χ3v) is 6.48. The summed E-state index contributed by atoms with van der Waals surface area (Å²) in [6, 6.07) is 19.0. The quantitative estimate of drug-likeness (QED) is 0.499. The standard InChI is InChI=1S/C26H28N4O/c1-17-7-6-12-27-25(17)29-15-18(2)30(19(3)16-29)26(31)28-22-11-10-21-13-20-8-4-5-9-23(20)24(21)14-22/h4-12,14,18-19H,13,15-16H2,1-3H3,(H,28,31). The molecule has 0 bridgehead atoms. The van der Waals surface area contributed by atoms with E-state index < -0.39 is 0 Å². The molecule has 2 unspecified atom stereocenters. The molecule has 2 aromatic carbocycles. The fourth-order valence-electron chi connectivity index (χ4n) is 5.09. The summed E-state index contributed by atoms with van der Waals surface area (Å²) in [5.41, 5.74) is 7.19. The molecule has 1 N–H and O–H groups in total. The molecule has 31 heavy (non-hydrogen) atoms. The molecule has 1 aromatic heterocycles. The number of hydrogen-bond acceptors (Lipinski definition) is 3. The van der Waals surface area contributed by atoms with E-state index in [0.717, 1.165) is 31.0 Å². The van der Waals surface area contributed by atoms with Crippen LogP contribution >= 0.6 is 0 Å². The molecular weight excluding hydrogens is 384 g/mol. The molecule has 0 spiro atoms. The number of urea groups is 1. The number of aryl methyl sites for hydroxylation is 1. The largest absolute Gasteiger partial charge is 0.352 e. The number of benzene rings is 2. The van der Waals surface area contributed by atoms with Crippen LogP contribution in [0.4, 0.5) is 16.3 Å². The van der Waals surface area contributed by atoms with Gasteiger partial charge in [0.05, 0.1) is 0 Å². The van der Waals surface area contributed by atoms with Crippen molar-refractivity contribution in [3.63, 3.8) is 0 Å². The average Bonchev–Trinajstić information content (AvgIpc) is 3.11. The van der Waals surface area contributed by atoms with E-state index in [1.54, 1.807) is 0 Å². The minimum Gasteiger partial charge on any atom is -0.352 e. The summed E-state index contributed by atoms with van der Waals surface area (Å²) in [4.78, 5) is 22.1. The van der Waals surface area contributed by atoms with Crippen LogP contribution in [-0.4, -0.2) is 41.1 Å². The number of amides is 2. The van der Waals surface area contributed by atoms with Crippen LogP contribution in [0.2, 0.25) is 0 Å². The van der Waals surface area contributed by atoms with Crippen LogP contribution in [0.3, 0.4) is 0 Å². The number of anilines is 2. The molecule has 2 amide bonds. The van der Waals surface area contributed by atoms with Gasteiger partial charge in [-0.25, -0.2) is 9.78 Å². The molecule has 2 heterocycles. The second-order valence-electron chi connectivity index (χ2n) is 8.79. The fourth-order valence-corrected chi connectivity index (χ4v) is 5.09. The van der Waals surface area contributed by atoms with Gasteiger partial charge in [-0.1, -0.05) is 36.4 Å². The average molecular weight is 413 g/mol. The Bertz CT molecular complexity index is 1130. The summed E-state index contributed by atoms with van der Waals surface area (Å²) in [7, 11) is 0. The molecule has 1 aliphatic heterocycles. The van der Waals surface area contributed by atoms with Crippen molar-refractivity contribution in [2.24, 2.45) is 0 Å². The van der Waals surface area contributed by atoms with Gasteiger partial charge in [-0.3, -0.25) is 0 Å². The first-order valence-electron chi connectivity index (χ1n) is 11.0. The lowest BCUT2D eigenvalue weighted by Gasteiger charge is -2.45. The van der Waals surface area contributed by atoms with Crippen LogP contribution in [-0.2, 0) is 6.42 Å². The van der Waals surface area contributed by atoms with Crippen LogP contribution in [0.5, 0.6) is 0 Å². The number of fused-ring (bicyclic) bond motifs is 3. The van der Waals surface area contributed by atoms with E-state index in [9.17, 15) is 4.79 Å². The topological polar surface area (TPSA) is 48.5 Å². The molecule has 5 rings (SSSR count). The Balaban J connectivity index is 1.32. The minimum atomic E-state index is -0.0383. The first-order valence-corrected chi connectivity index (χ1v) is 11.0. The molecular formula is C26H28N4O. The minimum absolute atomic E-state index is 0.0383. The smallest absolute Gasteiger partial charge is 0.322 e. The number of aromatic nitrogens is 1. The number of carbonyl (C=O) groups excluding carboxylic acids is 1. The second-order valence-corrected chi connectivity index (χ2v) is 8.79. The van der Waals surface area contributed by atoms with Gasteiger partial charge in [0.1, 0.15) is 5.82 Å². The third-order valence-electron chi connectivity index (χ3n) is 6.48. The Morgan fingerprint density at radius 2 is 1.71 bits per heavy atom. The highest BCUT2D eigenvalue weighted by molar-refractivity contribution is 5.92. The fraction of sp³-hybridized carbons (Fsp3) is 0.308. The summed E-state index contributed by atoms with van der Waals surface area (Å²) in [5, 5.41) is 3.15. The monoisotopic (exact) mass is 412 g/mol. The van der Waals surface area contributed by atoms with Crippen molar-refractivity contribution < 1.29 is 4.79 Å². The lowest BCUT2D eigenvalue weighted by Crippen LogP contribution is -2.60. The van der Waals surface area contributed by atoms with E-state index in [0.29, 0.717) is 0 Å². The molecule has 2 atom stereocenters. The van der Waals surface area contributed by atoms with Crippen molar-refractivity contribution in [3.8, 4) is 11.1 Å². The van der Waals surface area contributed by atoms with Gasteiger partial charge in [-0.15, -0.1) is 0 Å². The molecule has 5 nitrogen and oxygen atoms in total. The number of rotatable bonds is 2. The van der Waals surface area contributed by atoms with Gasteiger partial charge in [0.15, 0.2) is 0 Å². The normalized spacial score (nSPS) is 19.7. The summed E-state index contributed by atoms with van der Waals surface area (Å²) < 4.78 is 0. The number of hydrogen-bond donors (Lipinski definition) is 1. The van der Waals surface area contributed by atoms with Crippen LogP contribution in [0.1, 0.15) is 30.5 Å². The summed E-state index contributed by atoms with van der Waals surface area (Å²) in [6.07, 6.45) is 2.80. The van der Waals surface area contributed by atoms with Crippen molar-refractivity contribution in [1.29, 1.82) is 0 Å². The van der Waals surface area contributed by atoms with Gasteiger partial charge >= 0.3 is 6.03 Å². The highest BCUT2D eigenvalue weighted by Gasteiger charge is 2.34. The zero-order valence-corrected chi connectivity index (χ0v) is 18.3. The summed E-state index contributed by atoms with van der Waals surface area (Å²) >= 11 is 0. The molecule has 1 aliphatic carbocycles. The van der Waals surface area contributed by atoms with Crippen LogP contribution in [0, 0.1) is 6.92 Å². The Labute approximate surface area is 183 Å². The Morgan fingerprint density at radius 1 is 0.968 bits per heavy atom. The van der Waals surface area contributed by atoms with Gasteiger partial charge in [-0.2, -0.15) is 0 Å². The van der Waals surface area contributed by atoms with Crippen LogP contribution < -0.4 is 10.2 Å². The number of nitrogens with one attached hydrogen (secondary N) is 1. The molecule has 1 fully saturated rings.